The van der Waals surface area contributed by atoms with Crippen molar-refractivity contribution in [3.63, 3.8) is 0 Å². The van der Waals surface area contributed by atoms with E-state index in [0.29, 0.717) is 10.1 Å². The van der Waals surface area contributed by atoms with Crippen LogP contribution in [0.25, 0.3) is 5.69 Å². The smallest absolute Gasteiger partial charge is 0.427 e. The third kappa shape index (κ3) is 3.74. The Labute approximate surface area is 199 Å². The summed E-state index contributed by atoms with van der Waals surface area (Å²) in [6.07, 6.45) is -12.2. The molecule has 0 unspecified atom stereocenters. The monoisotopic (exact) mass is 512 g/mol. The zero-order valence-corrected chi connectivity index (χ0v) is 18.9. The highest BCUT2D eigenvalue weighted by Crippen LogP contribution is 2.55. The highest BCUT2D eigenvalue weighted by atomic mass is 19.4. The zero-order valence-electron chi connectivity index (χ0n) is 18.9. The average Bonchev–Trinajstić information content (AvgIpc) is 2.79. The van der Waals surface area contributed by atoms with Crippen LogP contribution in [0, 0.1) is 13.8 Å². The fourth-order valence-electron chi connectivity index (χ4n) is 3.94. The Morgan fingerprint density at radius 2 is 1.61 bits per heavy atom. The van der Waals surface area contributed by atoms with Gasteiger partial charge < -0.3 is 10.1 Å². The van der Waals surface area contributed by atoms with Gasteiger partial charge in [0, 0.05) is 5.56 Å². The molecule has 1 aliphatic heterocycles. The van der Waals surface area contributed by atoms with Gasteiger partial charge in [-0.05, 0) is 49.2 Å². The van der Waals surface area contributed by atoms with Crippen LogP contribution >= 0.6 is 0 Å². The number of aryl methyl sites for hydroxylation is 2. The molecule has 0 atom stereocenters. The van der Waals surface area contributed by atoms with Gasteiger partial charge in [0.1, 0.15) is 23.0 Å². The lowest BCUT2D eigenvalue weighted by molar-refractivity contribution is -0.301. The molecular formula is C23H18F6N4O3. The summed E-state index contributed by atoms with van der Waals surface area (Å²) in [6, 6.07) is 9.42. The Kier molecular flexibility index (Phi) is 5.77. The van der Waals surface area contributed by atoms with E-state index in [2.05, 4.69) is 10.3 Å². The quantitative estimate of drug-likeness (QED) is 0.511. The molecule has 2 aromatic carbocycles. The number of hydrogen-bond acceptors (Lipinski definition) is 5. The Hall–Kier alpha value is -4.03. The first-order valence-electron chi connectivity index (χ1n) is 10.3. The number of rotatable bonds is 3. The van der Waals surface area contributed by atoms with Gasteiger partial charge in [-0.1, -0.05) is 18.2 Å². The van der Waals surface area contributed by atoms with E-state index < -0.39 is 46.4 Å². The van der Waals surface area contributed by atoms with Crippen molar-refractivity contribution in [1.82, 2.24) is 9.55 Å². The van der Waals surface area contributed by atoms with Crippen molar-refractivity contribution in [2.75, 3.05) is 12.4 Å². The van der Waals surface area contributed by atoms with Crippen LogP contribution < -0.4 is 21.3 Å². The number of benzene rings is 2. The van der Waals surface area contributed by atoms with Crippen LogP contribution in [0.3, 0.4) is 0 Å². The number of anilines is 1. The van der Waals surface area contributed by atoms with Gasteiger partial charge in [0.2, 0.25) is 0 Å². The normalized spacial score (nSPS) is 15.1. The number of nitrogens with zero attached hydrogens (tertiary/aromatic N) is 2. The Bertz CT molecular complexity index is 1490. The van der Waals surface area contributed by atoms with E-state index in [1.165, 1.54) is 49.6 Å². The lowest BCUT2D eigenvalue weighted by atomic mass is 9.87. The van der Waals surface area contributed by atoms with Crippen molar-refractivity contribution in [2.24, 2.45) is 4.99 Å². The minimum absolute atomic E-state index is 0.0618. The number of aliphatic imine (C=N–C) groups is 1. The highest BCUT2D eigenvalue weighted by Gasteiger charge is 2.75. The summed E-state index contributed by atoms with van der Waals surface area (Å²) in [6.45, 7) is 3.38. The van der Waals surface area contributed by atoms with E-state index in [4.69, 9.17) is 4.74 Å². The van der Waals surface area contributed by atoms with Crippen molar-refractivity contribution in [3.05, 3.63) is 85.6 Å². The lowest BCUT2D eigenvalue weighted by Gasteiger charge is -2.38. The molecule has 1 aliphatic rings. The molecule has 36 heavy (non-hydrogen) atoms. The van der Waals surface area contributed by atoms with Gasteiger partial charge in [-0.15, -0.1) is 0 Å². The van der Waals surface area contributed by atoms with Crippen LogP contribution in [-0.2, 0) is 5.54 Å². The van der Waals surface area contributed by atoms with Crippen molar-refractivity contribution >= 4 is 11.7 Å². The number of nitrogens with one attached hydrogen (secondary N) is 2. The maximum atomic E-state index is 14.4. The van der Waals surface area contributed by atoms with Gasteiger partial charge in [-0.2, -0.15) is 26.3 Å². The van der Waals surface area contributed by atoms with Crippen LogP contribution in [-0.4, -0.2) is 34.8 Å². The second-order valence-corrected chi connectivity index (χ2v) is 8.11. The average molecular weight is 512 g/mol. The SMILES string of the molecule is COc1cccc(C2=NC(C(F)(F)F)(C(F)(F)F)c3c(n(-c4ccc(C)c(C)c4)c(=O)[nH]c3=O)N2)c1. The van der Waals surface area contributed by atoms with E-state index in [0.717, 1.165) is 5.56 Å². The van der Waals surface area contributed by atoms with Crippen LogP contribution in [0.1, 0.15) is 22.3 Å². The predicted molar refractivity (Wildman–Crippen MR) is 119 cm³/mol. The molecule has 0 saturated carbocycles. The van der Waals surface area contributed by atoms with Gasteiger partial charge in [-0.3, -0.25) is 9.78 Å². The summed E-state index contributed by atoms with van der Waals surface area (Å²) in [5, 5.41) is 2.38. The molecule has 13 heteroatoms. The highest BCUT2D eigenvalue weighted by molar-refractivity contribution is 6.10. The summed E-state index contributed by atoms with van der Waals surface area (Å²) in [5.41, 5.74) is -8.77. The summed E-state index contributed by atoms with van der Waals surface area (Å²) in [5.74, 6) is -1.74. The molecular weight excluding hydrogens is 494 g/mol. The van der Waals surface area contributed by atoms with E-state index in [-0.39, 0.29) is 17.0 Å². The molecule has 2 N–H and O–H groups in total. The van der Waals surface area contributed by atoms with Crippen molar-refractivity contribution in [1.29, 1.82) is 0 Å². The van der Waals surface area contributed by atoms with Gasteiger partial charge >= 0.3 is 18.0 Å². The maximum Gasteiger partial charge on any atom is 0.427 e. The fourth-order valence-corrected chi connectivity index (χ4v) is 3.94. The fraction of sp³-hybridized carbons (Fsp3) is 0.261. The molecule has 2 heterocycles. The molecule has 0 bridgehead atoms. The molecule has 0 aliphatic carbocycles. The Morgan fingerprint density at radius 3 is 2.19 bits per heavy atom. The van der Waals surface area contributed by atoms with Crippen LogP contribution in [0.15, 0.2) is 57.0 Å². The predicted octanol–water partition coefficient (Wildman–Crippen LogP) is 4.34. The van der Waals surface area contributed by atoms with Crippen LogP contribution in [0.4, 0.5) is 32.2 Å². The van der Waals surface area contributed by atoms with Crippen LogP contribution in [0.5, 0.6) is 5.75 Å². The number of alkyl halides is 6. The lowest BCUT2D eigenvalue weighted by Crippen LogP contribution is -2.59. The Morgan fingerprint density at radius 1 is 0.944 bits per heavy atom. The standard InChI is InChI=1S/C23H18F6N4O3/c1-11-7-8-14(9-12(11)2)33-18-16(19(34)31-20(33)35)21(22(24,25)26,23(27,28)29)32-17(30-18)13-5-4-6-15(10-13)36-3/h4-10H,1-3H3,(H,30,32)(H,31,34,35). The topological polar surface area (TPSA) is 88.5 Å². The molecule has 3 aromatic rings. The summed E-state index contributed by atoms with van der Waals surface area (Å²) in [7, 11) is 1.26. The van der Waals surface area contributed by atoms with Crippen molar-refractivity contribution < 1.29 is 31.1 Å². The van der Waals surface area contributed by atoms with E-state index in [1.54, 1.807) is 18.8 Å². The minimum Gasteiger partial charge on any atom is -0.497 e. The first-order chi connectivity index (χ1) is 16.7. The molecule has 0 spiro atoms. The molecule has 0 amide bonds. The number of ether oxygens (including phenoxy) is 1. The minimum atomic E-state index is -6.11. The van der Waals surface area contributed by atoms with Gasteiger partial charge in [0.15, 0.2) is 0 Å². The molecule has 190 valence electrons. The zero-order chi connectivity index (χ0) is 26.6. The van der Waals surface area contributed by atoms with Gasteiger partial charge in [0.25, 0.3) is 11.1 Å². The number of aromatic nitrogens is 2. The molecule has 0 fully saturated rings. The largest absolute Gasteiger partial charge is 0.497 e. The third-order valence-electron chi connectivity index (χ3n) is 5.90. The molecule has 4 rings (SSSR count). The van der Waals surface area contributed by atoms with Crippen molar-refractivity contribution in [3.8, 4) is 11.4 Å². The molecule has 1 aromatic heterocycles. The van der Waals surface area contributed by atoms with Crippen LogP contribution in [0.2, 0.25) is 0 Å². The van der Waals surface area contributed by atoms with Gasteiger partial charge in [0.05, 0.1) is 12.8 Å². The molecule has 0 radical (unpaired) electrons. The molecule has 0 saturated heterocycles. The summed E-state index contributed by atoms with van der Waals surface area (Å²) in [4.78, 5) is 30.1. The second-order valence-electron chi connectivity index (χ2n) is 8.11. The Balaban J connectivity index is 2.17. The number of aromatic amines is 1. The summed E-state index contributed by atoms with van der Waals surface area (Å²) >= 11 is 0. The number of H-pyrrole nitrogens is 1. The number of halogens is 6. The van der Waals surface area contributed by atoms with E-state index in [9.17, 15) is 35.9 Å². The number of hydrogen-bond donors (Lipinski definition) is 2. The number of fused-ring (bicyclic) bond motifs is 1. The number of methoxy groups -OCH3 is 1. The maximum absolute atomic E-state index is 14.4. The third-order valence-corrected chi connectivity index (χ3v) is 5.90. The van der Waals surface area contributed by atoms with Gasteiger partial charge in [-0.25, -0.2) is 14.4 Å². The molecule has 7 nitrogen and oxygen atoms in total. The van der Waals surface area contributed by atoms with Crippen molar-refractivity contribution in [2.45, 2.75) is 31.7 Å². The second kappa shape index (κ2) is 8.28. The number of amidine groups is 1. The van der Waals surface area contributed by atoms with E-state index in [1.807, 2.05) is 0 Å². The van der Waals surface area contributed by atoms with E-state index >= 15 is 0 Å². The summed E-state index contributed by atoms with van der Waals surface area (Å²) < 4.78 is 92.1. The first-order valence-corrected chi connectivity index (χ1v) is 10.3. The first kappa shape index (κ1) is 25.1.